The Balaban J connectivity index is 2.04. The second-order valence-corrected chi connectivity index (χ2v) is 5.40. The van der Waals surface area contributed by atoms with Crippen LogP contribution in [0.25, 0.3) is 0 Å². The molecule has 2 aromatic rings. The third-order valence-corrected chi connectivity index (χ3v) is 3.68. The van der Waals surface area contributed by atoms with Gasteiger partial charge in [-0.3, -0.25) is 4.79 Å². The quantitative estimate of drug-likeness (QED) is 0.837. The van der Waals surface area contributed by atoms with Gasteiger partial charge < -0.3 is 10.1 Å². The summed E-state index contributed by atoms with van der Waals surface area (Å²) < 4.78 is 18.4. The van der Waals surface area contributed by atoms with Gasteiger partial charge in [0, 0.05) is 5.69 Å². The van der Waals surface area contributed by atoms with Crippen LogP contribution in [0.3, 0.4) is 0 Å². The van der Waals surface area contributed by atoms with E-state index in [-0.39, 0.29) is 11.7 Å². The van der Waals surface area contributed by atoms with Crippen molar-refractivity contribution in [3.05, 3.63) is 58.3 Å². The van der Waals surface area contributed by atoms with E-state index in [1.807, 2.05) is 6.92 Å². The van der Waals surface area contributed by atoms with E-state index in [0.29, 0.717) is 27.9 Å². The first-order chi connectivity index (χ1) is 10.5. The molecule has 1 amide bonds. The molecular formula is C16H14Cl2FNO2. The fourth-order valence-electron chi connectivity index (χ4n) is 1.80. The van der Waals surface area contributed by atoms with Crippen LogP contribution in [0.2, 0.25) is 10.0 Å². The van der Waals surface area contributed by atoms with Crippen LogP contribution < -0.4 is 10.1 Å². The Morgan fingerprint density at radius 3 is 2.45 bits per heavy atom. The highest BCUT2D eigenvalue weighted by Crippen LogP contribution is 2.25. The minimum atomic E-state index is -0.695. The minimum Gasteiger partial charge on any atom is -0.481 e. The van der Waals surface area contributed by atoms with E-state index in [0.717, 1.165) is 0 Å². The number of benzene rings is 2. The molecule has 0 unspecified atom stereocenters. The summed E-state index contributed by atoms with van der Waals surface area (Å²) in [6, 6.07) is 10.3. The van der Waals surface area contributed by atoms with Crippen molar-refractivity contribution in [2.45, 2.75) is 19.4 Å². The van der Waals surface area contributed by atoms with Gasteiger partial charge in [0.15, 0.2) is 6.10 Å². The third-order valence-electron chi connectivity index (χ3n) is 2.94. The SMILES string of the molecule is CC[C@@H](Oc1ccc(F)cc1)C(=O)Nc1ccc(Cl)c(Cl)c1. The van der Waals surface area contributed by atoms with E-state index in [1.54, 1.807) is 18.2 Å². The average Bonchev–Trinajstić information content (AvgIpc) is 2.50. The maximum absolute atomic E-state index is 12.9. The van der Waals surface area contributed by atoms with Gasteiger partial charge in [-0.2, -0.15) is 0 Å². The van der Waals surface area contributed by atoms with Crippen LogP contribution in [-0.4, -0.2) is 12.0 Å². The highest BCUT2D eigenvalue weighted by atomic mass is 35.5. The second-order valence-electron chi connectivity index (χ2n) is 4.59. The van der Waals surface area contributed by atoms with Crippen LogP contribution in [0.15, 0.2) is 42.5 Å². The number of halogens is 3. The van der Waals surface area contributed by atoms with Crippen LogP contribution in [0.4, 0.5) is 10.1 Å². The van der Waals surface area contributed by atoms with Gasteiger partial charge in [-0.1, -0.05) is 30.1 Å². The lowest BCUT2D eigenvalue weighted by atomic mass is 10.2. The van der Waals surface area contributed by atoms with Crippen LogP contribution in [0.1, 0.15) is 13.3 Å². The Hall–Kier alpha value is -1.78. The van der Waals surface area contributed by atoms with Crippen molar-refractivity contribution in [3.63, 3.8) is 0 Å². The Labute approximate surface area is 138 Å². The zero-order valence-electron chi connectivity index (χ0n) is 11.8. The van der Waals surface area contributed by atoms with Crippen molar-refractivity contribution in [2.75, 3.05) is 5.32 Å². The van der Waals surface area contributed by atoms with Gasteiger partial charge >= 0.3 is 0 Å². The molecule has 0 aliphatic rings. The largest absolute Gasteiger partial charge is 0.481 e. The fourth-order valence-corrected chi connectivity index (χ4v) is 2.09. The number of carbonyl (C=O) groups is 1. The summed E-state index contributed by atoms with van der Waals surface area (Å²) in [6.45, 7) is 1.82. The number of ether oxygens (including phenoxy) is 1. The van der Waals surface area contributed by atoms with Crippen LogP contribution in [0, 0.1) is 5.82 Å². The lowest BCUT2D eigenvalue weighted by Crippen LogP contribution is -2.32. The molecule has 0 aliphatic heterocycles. The summed E-state index contributed by atoms with van der Waals surface area (Å²) in [7, 11) is 0. The molecule has 0 spiro atoms. The number of carbonyl (C=O) groups excluding carboxylic acids is 1. The highest BCUT2D eigenvalue weighted by molar-refractivity contribution is 6.42. The molecule has 0 bridgehead atoms. The smallest absolute Gasteiger partial charge is 0.265 e. The Bertz CT molecular complexity index is 662. The Morgan fingerprint density at radius 2 is 1.86 bits per heavy atom. The first-order valence-electron chi connectivity index (χ1n) is 6.67. The third kappa shape index (κ3) is 4.36. The molecule has 0 heterocycles. The van der Waals surface area contributed by atoms with E-state index >= 15 is 0 Å². The molecule has 2 rings (SSSR count). The molecule has 116 valence electrons. The maximum atomic E-state index is 12.9. The monoisotopic (exact) mass is 341 g/mol. The molecule has 0 radical (unpaired) electrons. The van der Waals surface area contributed by atoms with Crippen molar-refractivity contribution in [1.82, 2.24) is 0 Å². The molecule has 0 aliphatic carbocycles. The van der Waals surface area contributed by atoms with Crippen molar-refractivity contribution < 1.29 is 13.9 Å². The lowest BCUT2D eigenvalue weighted by molar-refractivity contribution is -0.122. The lowest BCUT2D eigenvalue weighted by Gasteiger charge is -2.17. The number of hydrogen-bond donors (Lipinski definition) is 1. The zero-order valence-corrected chi connectivity index (χ0v) is 13.3. The van der Waals surface area contributed by atoms with E-state index in [1.165, 1.54) is 24.3 Å². The summed E-state index contributed by atoms with van der Waals surface area (Å²) in [5, 5.41) is 3.48. The molecule has 22 heavy (non-hydrogen) atoms. The van der Waals surface area contributed by atoms with Crippen molar-refractivity contribution in [1.29, 1.82) is 0 Å². The number of amides is 1. The molecule has 3 nitrogen and oxygen atoms in total. The van der Waals surface area contributed by atoms with Crippen LogP contribution in [0.5, 0.6) is 5.75 Å². The van der Waals surface area contributed by atoms with E-state index in [9.17, 15) is 9.18 Å². The molecule has 1 atom stereocenters. The van der Waals surface area contributed by atoms with Gasteiger partial charge in [0.2, 0.25) is 0 Å². The molecule has 0 saturated heterocycles. The summed E-state index contributed by atoms with van der Waals surface area (Å²) >= 11 is 11.7. The summed E-state index contributed by atoms with van der Waals surface area (Å²) in [4.78, 5) is 12.2. The minimum absolute atomic E-state index is 0.315. The van der Waals surface area contributed by atoms with Crippen molar-refractivity contribution in [2.24, 2.45) is 0 Å². The molecule has 2 aromatic carbocycles. The number of anilines is 1. The Kier molecular flexibility index (Phi) is 5.63. The highest BCUT2D eigenvalue weighted by Gasteiger charge is 2.18. The predicted molar refractivity (Wildman–Crippen MR) is 86.2 cm³/mol. The van der Waals surface area contributed by atoms with Gasteiger partial charge in [0.25, 0.3) is 5.91 Å². The van der Waals surface area contributed by atoms with Gasteiger partial charge in [0.05, 0.1) is 10.0 Å². The van der Waals surface area contributed by atoms with Crippen molar-refractivity contribution in [3.8, 4) is 5.75 Å². The fraction of sp³-hybridized carbons (Fsp3) is 0.188. The first-order valence-corrected chi connectivity index (χ1v) is 7.43. The topological polar surface area (TPSA) is 38.3 Å². The molecular weight excluding hydrogens is 328 g/mol. The van der Waals surface area contributed by atoms with E-state index in [2.05, 4.69) is 5.32 Å². The van der Waals surface area contributed by atoms with E-state index in [4.69, 9.17) is 27.9 Å². The van der Waals surface area contributed by atoms with Gasteiger partial charge in [-0.15, -0.1) is 0 Å². The standard InChI is InChI=1S/C16H14Cl2FNO2/c1-2-15(22-12-6-3-10(19)4-7-12)16(21)20-11-5-8-13(17)14(18)9-11/h3-9,15H,2H2,1H3,(H,20,21)/t15-/m1/s1. The number of hydrogen-bond acceptors (Lipinski definition) is 2. The van der Waals surface area contributed by atoms with Gasteiger partial charge in [-0.25, -0.2) is 4.39 Å². The zero-order chi connectivity index (χ0) is 16.1. The maximum Gasteiger partial charge on any atom is 0.265 e. The molecule has 0 fully saturated rings. The molecule has 0 aromatic heterocycles. The van der Waals surface area contributed by atoms with Crippen LogP contribution in [-0.2, 0) is 4.79 Å². The molecule has 1 N–H and O–H groups in total. The van der Waals surface area contributed by atoms with Crippen LogP contribution >= 0.6 is 23.2 Å². The molecule has 6 heteroatoms. The van der Waals surface area contributed by atoms with Gasteiger partial charge in [0.1, 0.15) is 11.6 Å². The summed E-state index contributed by atoms with van der Waals surface area (Å²) in [6.07, 6.45) is -0.232. The average molecular weight is 342 g/mol. The molecule has 0 saturated carbocycles. The second kappa shape index (κ2) is 7.47. The number of nitrogens with one attached hydrogen (secondary N) is 1. The normalized spacial score (nSPS) is 11.8. The number of rotatable bonds is 5. The first kappa shape index (κ1) is 16.6. The van der Waals surface area contributed by atoms with Crippen molar-refractivity contribution >= 4 is 34.8 Å². The Morgan fingerprint density at radius 1 is 1.18 bits per heavy atom. The summed E-state index contributed by atoms with van der Waals surface area (Å²) in [5.74, 6) is -0.247. The van der Waals surface area contributed by atoms with Gasteiger partial charge in [-0.05, 0) is 48.9 Å². The van der Waals surface area contributed by atoms with E-state index < -0.39 is 6.10 Å². The predicted octanol–water partition coefficient (Wildman–Crippen LogP) is 4.93. The summed E-state index contributed by atoms with van der Waals surface area (Å²) in [5.41, 5.74) is 0.528.